The maximum absolute atomic E-state index is 12.8. The maximum Gasteiger partial charge on any atom is 0.273 e. The van der Waals surface area contributed by atoms with Crippen LogP contribution in [0, 0.1) is 6.92 Å². The quantitative estimate of drug-likeness (QED) is 0.593. The fraction of sp³-hybridized carbons (Fsp3) is 0.545. The monoisotopic (exact) mass is 429 g/mol. The van der Waals surface area contributed by atoms with E-state index in [0.717, 1.165) is 25.0 Å². The number of carbonyl (C=O) groups is 2. The zero-order chi connectivity index (χ0) is 22.2. The first-order chi connectivity index (χ1) is 14.9. The Morgan fingerprint density at radius 1 is 1.29 bits per heavy atom. The lowest BCUT2D eigenvalue weighted by Crippen LogP contribution is -2.27. The second kappa shape index (κ2) is 11.0. The summed E-state index contributed by atoms with van der Waals surface area (Å²) in [5.41, 5.74) is 1.73. The number of rotatable bonds is 9. The third-order valence-corrected chi connectivity index (χ3v) is 4.88. The SMILES string of the molecule is Cc1ccc(C(=O)Nc2cn(C3CCCCO3)nc2C(=O)NCCCOC(C)C)cn1. The molecule has 9 nitrogen and oxygen atoms in total. The minimum absolute atomic E-state index is 0.153. The lowest BCUT2D eigenvalue weighted by atomic mass is 10.2. The molecule has 1 saturated heterocycles. The summed E-state index contributed by atoms with van der Waals surface area (Å²) in [6.45, 7) is 7.46. The average Bonchev–Trinajstić information content (AvgIpc) is 3.18. The van der Waals surface area contributed by atoms with Crippen molar-refractivity contribution in [3.63, 3.8) is 0 Å². The minimum Gasteiger partial charge on any atom is -0.379 e. The Morgan fingerprint density at radius 2 is 2.13 bits per heavy atom. The number of pyridine rings is 1. The molecule has 3 heterocycles. The average molecular weight is 430 g/mol. The van der Waals surface area contributed by atoms with Gasteiger partial charge in [-0.15, -0.1) is 0 Å². The van der Waals surface area contributed by atoms with E-state index >= 15 is 0 Å². The van der Waals surface area contributed by atoms with Crippen molar-refractivity contribution in [1.29, 1.82) is 0 Å². The van der Waals surface area contributed by atoms with Crippen molar-refractivity contribution in [2.45, 2.75) is 58.8 Å². The molecule has 2 amide bonds. The van der Waals surface area contributed by atoms with Crippen molar-refractivity contribution >= 4 is 17.5 Å². The van der Waals surface area contributed by atoms with Crippen LogP contribution in [-0.2, 0) is 9.47 Å². The Bertz CT molecular complexity index is 873. The van der Waals surface area contributed by atoms with Crippen LogP contribution in [-0.4, -0.2) is 52.4 Å². The lowest BCUT2D eigenvalue weighted by molar-refractivity contribution is -0.0395. The molecule has 168 valence electrons. The minimum atomic E-state index is -0.351. The Labute approximate surface area is 182 Å². The van der Waals surface area contributed by atoms with Gasteiger partial charge in [0, 0.05) is 31.6 Å². The van der Waals surface area contributed by atoms with Gasteiger partial charge < -0.3 is 20.1 Å². The molecule has 2 N–H and O–H groups in total. The molecule has 0 bridgehead atoms. The molecular formula is C22H31N5O4. The second-order valence-electron chi connectivity index (χ2n) is 7.86. The molecule has 2 aromatic heterocycles. The van der Waals surface area contributed by atoms with Gasteiger partial charge in [0.1, 0.15) is 6.23 Å². The summed E-state index contributed by atoms with van der Waals surface area (Å²) >= 11 is 0. The number of amides is 2. The first kappa shape index (κ1) is 22.9. The van der Waals surface area contributed by atoms with Crippen molar-refractivity contribution in [1.82, 2.24) is 20.1 Å². The van der Waals surface area contributed by atoms with Crippen LogP contribution in [0.2, 0.25) is 0 Å². The summed E-state index contributed by atoms with van der Waals surface area (Å²) in [5, 5.41) is 10.1. The number of nitrogens with zero attached hydrogens (tertiary/aromatic N) is 3. The highest BCUT2D eigenvalue weighted by atomic mass is 16.5. The highest BCUT2D eigenvalue weighted by Gasteiger charge is 2.24. The van der Waals surface area contributed by atoms with Gasteiger partial charge in [0.15, 0.2) is 5.69 Å². The van der Waals surface area contributed by atoms with Crippen molar-refractivity contribution in [2.24, 2.45) is 0 Å². The molecule has 0 aromatic carbocycles. The first-order valence-corrected chi connectivity index (χ1v) is 10.8. The van der Waals surface area contributed by atoms with Crippen LogP contribution in [0.15, 0.2) is 24.5 Å². The second-order valence-corrected chi connectivity index (χ2v) is 7.86. The highest BCUT2D eigenvalue weighted by molar-refractivity contribution is 6.08. The Morgan fingerprint density at radius 3 is 2.81 bits per heavy atom. The van der Waals surface area contributed by atoms with E-state index < -0.39 is 0 Å². The molecule has 1 aliphatic rings. The zero-order valence-corrected chi connectivity index (χ0v) is 18.4. The van der Waals surface area contributed by atoms with E-state index in [0.29, 0.717) is 37.4 Å². The van der Waals surface area contributed by atoms with E-state index in [1.54, 1.807) is 23.0 Å². The van der Waals surface area contributed by atoms with E-state index in [1.165, 1.54) is 6.20 Å². The zero-order valence-electron chi connectivity index (χ0n) is 18.4. The number of ether oxygens (including phenoxy) is 2. The highest BCUT2D eigenvalue weighted by Crippen LogP contribution is 2.25. The predicted octanol–water partition coefficient (Wildman–Crippen LogP) is 3.08. The maximum atomic E-state index is 12.8. The van der Waals surface area contributed by atoms with Crippen molar-refractivity contribution in [2.75, 3.05) is 25.1 Å². The van der Waals surface area contributed by atoms with Crippen molar-refractivity contribution < 1.29 is 19.1 Å². The smallest absolute Gasteiger partial charge is 0.273 e. The summed E-state index contributed by atoms with van der Waals surface area (Å²) < 4.78 is 12.9. The molecule has 3 rings (SSSR count). The van der Waals surface area contributed by atoms with Gasteiger partial charge in [0.2, 0.25) is 0 Å². The Balaban J connectivity index is 1.72. The van der Waals surface area contributed by atoms with Crippen LogP contribution in [0.4, 0.5) is 5.69 Å². The molecule has 9 heteroatoms. The number of carbonyl (C=O) groups excluding carboxylic acids is 2. The molecule has 31 heavy (non-hydrogen) atoms. The summed E-state index contributed by atoms with van der Waals surface area (Å²) in [6, 6.07) is 3.46. The molecule has 0 aliphatic carbocycles. The largest absolute Gasteiger partial charge is 0.379 e. The van der Waals surface area contributed by atoms with Gasteiger partial charge in [-0.25, -0.2) is 4.68 Å². The molecule has 1 aliphatic heterocycles. The molecule has 1 atom stereocenters. The first-order valence-electron chi connectivity index (χ1n) is 10.8. The van der Waals surface area contributed by atoms with E-state index in [1.807, 2.05) is 20.8 Å². The van der Waals surface area contributed by atoms with Gasteiger partial charge in [0.25, 0.3) is 11.8 Å². The molecule has 1 unspecified atom stereocenters. The van der Waals surface area contributed by atoms with Crippen molar-refractivity contribution in [3.05, 3.63) is 41.5 Å². The van der Waals surface area contributed by atoms with Gasteiger partial charge in [-0.1, -0.05) is 0 Å². The predicted molar refractivity (Wildman–Crippen MR) is 116 cm³/mol. The Kier molecular flexibility index (Phi) is 8.13. The molecule has 0 saturated carbocycles. The number of aryl methyl sites for hydroxylation is 1. The van der Waals surface area contributed by atoms with Gasteiger partial charge >= 0.3 is 0 Å². The van der Waals surface area contributed by atoms with Gasteiger partial charge in [-0.3, -0.25) is 14.6 Å². The molecule has 0 radical (unpaired) electrons. The van der Waals surface area contributed by atoms with Crippen molar-refractivity contribution in [3.8, 4) is 0 Å². The normalized spacial score (nSPS) is 16.3. The summed E-state index contributed by atoms with van der Waals surface area (Å²) in [7, 11) is 0. The van der Waals surface area contributed by atoms with Crippen LogP contribution in [0.1, 0.15) is 72.3 Å². The number of aromatic nitrogens is 3. The van der Waals surface area contributed by atoms with Gasteiger partial charge in [-0.2, -0.15) is 5.10 Å². The van der Waals surface area contributed by atoms with Crippen LogP contribution in [0.25, 0.3) is 0 Å². The number of hydrogen-bond donors (Lipinski definition) is 2. The molecule has 2 aromatic rings. The van der Waals surface area contributed by atoms with Crippen LogP contribution >= 0.6 is 0 Å². The van der Waals surface area contributed by atoms with Gasteiger partial charge in [0.05, 0.1) is 23.6 Å². The standard InChI is InChI=1S/C22H31N5O4/c1-15(2)30-12-6-10-23-22(29)20-18(14-27(26-20)19-7-4-5-11-31-19)25-21(28)17-9-8-16(3)24-13-17/h8-9,13-15,19H,4-7,10-12H2,1-3H3,(H,23,29)(H,25,28). The van der Waals surface area contributed by atoms with Gasteiger partial charge in [-0.05, 0) is 58.6 Å². The molecule has 0 spiro atoms. The summed E-state index contributed by atoms with van der Waals surface area (Å²) in [4.78, 5) is 29.6. The van der Waals surface area contributed by atoms with Crippen LogP contribution in [0.5, 0.6) is 0 Å². The molecule has 1 fully saturated rings. The fourth-order valence-electron chi connectivity index (χ4n) is 3.20. The summed E-state index contributed by atoms with van der Waals surface area (Å²) in [5.74, 6) is -0.701. The number of hydrogen-bond acceptors (Lipinski definition) is 6. The van der Waals surface area contributed by atoms with E-state index in [4.69, 9.17) is 9.47 Å². The number of nitrogens with one attached hydrogen (secondary N) is 2. The van der Waals surface area contributed by atoms with Crippen LogP contribution < -0.4 is 10.6 Å². The fourth-order valence-corrected chi connectivity index (χ4v) is 3.20. The molecular weight excluding hydrogens is 398 g/mol. The third-order valence-electron chi connectivity index (χ3n) is 4.88. The van der Waals surface area contributed by atoms with E-state index in [9.17, 15) is 9.59 Å². The third kappa shape index (κ3) is 6.60. The number of anilines is 1. The van der Waals surface area contributed by atoms with E-state index in [2.05, 4.69) is 20.7 Å². The summed E-state index contributed by atoms with van der Waals surface area (Å²) in [6.07, 6.45) is 6.61. The van der Waals surface area contributed by atoms with E-state index in [-0.39, 0.29) is 29.8 Å². The van der Waals surface area contributed by atoms with Crippen LogP contribution in [0.3, 0.4) is 0 Å². The lowest BCUT2D eigenvalue weighted by Gasteiger charge is -2.22. The topological polar surface area (TPSA) is 107 Å². The Hall–Kier alpha value is -2.78.